The number of hydrogen-bond acceptors (Lipinski definition) is 5. The highest BCUT2D eigenvalue weighted by molar-refractivity contribution is 6.10. The second kappa shape index (κ2) is 11.1. The predicted molar refractivity (Wildman–Crippen MR) is 123 cm³/mol. The number of hydrogen-bond donors (Lipinski definition) is 3. The first-order valence-corrected chi connectivity index (χ1v) is 9.89. The number of carbonyl (C=O) groups excluding carboxylic acids is 2. The van der Waals surface area contributed by atoms with Crippen molar-refractivity contribution in [1.82, 2.24) is 0 Å². The molecule has 170 valence electrons. The summed E-state index contributed by atoms with van der Waals surface area (Å²) in [5.74, 6) is -2.27. The van der Waals surface area contributed by atoms with Gasteiger partial charge in [-0.05, 0) is 66.2 Å². The first kappa shape index (κ1) is 23.7. The van der Waals surface area contributed by atoms with Gasteiger partial charge in [-0.2, -0.15) is 5.26 Å². The van der Waals surface area contributed by atoms with Crippen LogP contribution in [0.2, 0.25) is 0 Å². The molecule has 0 saturated heterocycles. The summed E-state index contributed by atoms with van der Waals surface area (Å²) >= 11 is 0. The average Bonchev–Trinajstić information content (AvgIpc) is 2.83. The summed E-state index contributed by atoms with van der Waals surface area (Å²) in [5, 5.41) is 23.5. The summed E-state index contributed by atoms with van der Waals surface area (Å²) in [6, 6.07) is 19.1. The van der Waals surface area contributed by atoms with Gasteiger partial charge in [0, 0.05) is 11.4 Å². The second-order valence-electron chi connectivity index (χ2n) is 6.92. The van der Waals surface area contributed by atoms with E-state index in [4.69, 9.17) is 9.84 Å². The first-order valence-electron chi connectivity index (χ1n) is 9.89. The van der Waals surface area contributed by atoms with Crippen molar-refractivity contribution >= 4 is 35.2 Å². The van der Waals surface area contributed by atoms with Crippen molar-refractivity contribution in [3.05, 3.63) is 95.3 Å². The number of ether oxygens (including phenoxy) is 1. The molecule has 9 heteroatoms. The van der Waals surface area contributed by atoms with Gasteiger partial charge in [-0.25, -0.2) is 9.18 Å². The summed E-state index contributed by atoms with van der Waals surface area (Å²) in [4.78, 5) is 35.4. The van der Waals surface area contributed by atoms with Crippen LogP contribution in [-0.2, 0) is 9.59 Å². The lowest BCUT2D eigenvalue weighted by atomic mass is 10.1. The molecule has 0 aromatic heterocycles. The fraction of sp³-hybridized carbons (Fsp3) is 0.0400. The third-order valence-corrected chi connectivity index (χ3v) is 4.42. The quantitative estimate of drug-likeness (QED) is 0.344. The Hall–Kier alpha value is -4.97. The van der Waals surface area contributed by atoms with E-state index >= 15 is 0 Å². The molecule has 0 saturated carbocycles. The summed E-state index contributed by atoms with van der Waals surface area (Å²) < 4.78 is 18.3. The summed E-state index contributed by atoms with van der Waals surface area (Å²) in [5.41, 5.74) is 1.03. The standard InChI is InChI=1S/C25H18FN3O5/c26-19-6-8-20(9-7-19)28-23(30)15-34-22-10-4-16(5-11-22)12-18(14-27)24(31)29-21-3-1-2-17(13-21)25(32)33/h1-13H,15H2,(H,28,30)(H,29,31)(H,32,33)/b18-12-. The van der Waals surface area contributed by atoms with E-state index in [0.717, 1.165) is 0 Å². The van der Waals surface area contributed by atoms with Crippen LogP contribution in [0.1, 0.15) is 15.9 Å². The molecule has 3 N–H and O–H groups in total. The SMILES string of the molecule is N#C/C(=C/c1ccc(OCC(=O)Nc2ccc(F)cc2)cc1)C(=O)Nc1cccc(C(=O)O)c1. The number of benzene rings is 3. The van der Waals surface area contributed by atoms with Crippen LogP contribution in [0.3, 0.4) is 0 Å². The smallest absolute Gasteiger partial charge is 0.335 e. The zero-order valence-corrected chi connectivity index (χ0v) is 17.6. The van der Waals surface area contributed by atoms with E-state index in [1.54, 1.807) is 24.3 Å². The van der Waals surface area contributed by atoms with Crippen LogP contribution in [0.4, 0.5) is 15.8 Å². The maximum Gasteiger partial charge on any atom is 0.335 e. The van der Waals surface area contributed by atoms with Gasteiger partial charge in [0.15, 0.2) is 6.61 Å². The molecule has 3 rings (SSSR count). The van der Waals surface area contributed by atoms with Crippen LogP contribution < -0.4 is 15.4 Å². The number of carboxylic acids is 1. The maximum atomic E-state index is 12.9. The van der Waals surface area contributed by atoms with E-state index in [9.17, 15) is 24.0 Å². The molecule has 0 aliphatic rings. The van der Waals surface area contributed by atoms with Gasteiger partial charge in [-0.15, -0.1) is 0 Å². The van der Waals surface area contributed by atoms with Crippen LogP contribution in [0.25, 0.3) is 6.08 Å². The van der Waals surface area contributed by atoms with Gasteiger partial charge in [0.25, 0.3) is 11.8 Å². The van der Waals surface area contributed by atoms with Crippen LogP contribution in [-0.4, -0.2) is 29.5 Å². The lowest BCUT2D eigenvalue weighted by molar-refractivity contribution is -0.118. The summed E-state index contributed by atoms with van der Waals surface area (Å²) in [6.45, 7) is -0.270. The Morgan fingerprint density at radius 1 is 0.971 bits per heavy atom. The number of carboxylic acid groups (broad SMARTS) is 1. The number of aromatic carboxylic acids is 1. The lowest BCUT2D eigenvalue weighted by Crippen LogP contribution is -2.20. The van der Waals surface area contributed by atoms with Crippen LogP contribution in [0.5, 0.6) is 5.75 Å². The van der Waals surface area contributed by atoms with Gasteiger partial charge in [0.05, 0.1) is 5.56 Å². The number of nitriles is 1. The van der Waals surface area contributed by atoms with Crippen LogP contribution in [0.15, 0.2) is 78.4 Å². The minimum absolute atomic E-state index is 0.00206. The third kappa shape index (κ3) is 6.77. The van der Waals surface area contributed by atoms with Gasteiger partial charge in [-0.3, -0.25) is 9.59 Å². The Labute approximate surface area is 193 Å². The number of rotatable bonds is 8. The van der Waals surface area contributed by atoms with Gasteiger partial charge in [-0.1, -0.05) is 18.2 Å². The van der Waals surface area contributed by atoms with E-state index in [2.05, 4.69) is 10.6 Å². The first-order chi connectivity index (χ1) is 16.3. The normalized spacial score (nSPS) is 10.6. The fourth-order valence-corrected chi connectivity index (χ4v) is 2.78. The molecule has 0 aliphatic heterocycles. The van der Waals surface area contributed by atoms with Crippen molar-refractivity contribution in [1.29, 1.82) is 5.26 Å². The highest BCUT2D eigenvalue weighted by Crippen LogP contribution is 2.17. The Balaban J connectivity index is 1.58. The number of carbonyl (C=O) groups is 3. The molecule has 8 nitrogen and oxygen atoms in total. The molecule has 0 unspecified atom stereocenters. The lowest BCUT2D eigenvalue weighted by Gasteiger charge is -2.08. The van der Waals surface area contributed by atoms with Gasteiger partial charge in [0.2, 0.25) is 0 Å². The molecule has 0 spiro atoms. The molecule has 0 radical (unpaired) electrons. The van der Waals surface area contributed by atoms with E-state index in [-0.39, 0.29) is 23.4 Å². The maximum absolute atomic E-state index is 12.9. The number of nitrogens with zero attached hydrogens (tertiary/aromatic N) is 1. The molecule has 0 heterocycles. The Bertz CT molecular complexity index is 1280. The highest BCUT2D eigenvalue weighted by atomic mass is 19.1. The Kier molecular flexibility index (Phi) is 7.71. The number of nitrogens with one attached hydrogen (secondary N) is 2. The van der Waals surface area contributed by atoms with Crippen molar-refractivity contribution in [2.45, 2.75) is 0 Å². The van der Waals surface area contributed by atoms with E-state index in [0.29, 0.717) is 17.0 Å². The fourth-order valence-electron chi connectivity index (χ4n) is 2.78. The largest absolute Gasteiger partial charge is 0.484 e. The molecular weight excluding hydrogens is 441 g/mol. The molecule has 0 atom stereocenters. The van der Waals surface area contributed by atoms with Gasteiger partial charge < -0.3 is 20.5 Å². The van der Waals surface area contributed by atoms with Crippen LogP contribution >= 0.6 is 0 Å². The van der Waals surface area contributed by atoms with E-state index in [1.165, 1.54) is 54.6 Å². The van der Waals surface area contributed by atoms with Crippen LogP contribution in [0, 0.1) is 17.1 Å². The molecular formula is C25H18FN3O5. The number of halogens is 1. The summed E-state index contributed by atoms with van der Waals surface area (Å²) in [7, 11) is 0. The van der Waals surface area contributed by atoms with E-state index < -0.39 is 23.6 Å². The minimum atomic E-state index is -1.14. The monoisotopic (exact) mass is 459 g/mol. The van der Waals surface area contributed by atoms with Crippen molar-refractivity contribution in [3.8, 4) is 11.8 Å². The molecule has 2 amide bonds. The zero-order valence-electron chi connectivity index (χ0n) is 17.6. The molecule has 3 aromatic carbocycles. The van der Waals surface area contributed by atoms with Crippen molar-refractivity contribution in [3.63, 3.8) is 0 Å². The minimum Gasteiger partial charge on any atom is -0.484 e. The number of amides is 2. The van der Waals surface area contributed by atoms with Gasteiger partial charge >= 0.3 is 5.97 Å². The topological polar surface area (TPSA) is 129 Å². The van der Waals surface area contributed by atoms with Crippen molar-refractivity contribution in [2.24, 2.45) is 0 Å². The van der Waals surface area contributed by atoms with E-state index in [1.807, 2.05) is 6.07 Å². The second-order valence-corrected chi connectivity index (χ2v) is 6.92. The average molecular weight is 459 g/mol. The molecule has 0 bridgehead atoms. The summed E-state index contributed by atoms with van der Waals surface area (Å²) in [6.07, 6.45) is 1.36. The molecule has 34 heavy (non-hydrogen) atoms. The molecule has 3 aromatic rings. The Morgan fingerprint density at radius 2 is 1.68 bits per heavy atom. The zero-order chi connectivity index (χ0) is 24.5. The molecule has 0 aliphatic carbocycles. The van der Waals surface area contributed by atoms with Crippen molar-refractivity contribution < 1.29 is 28.6 Å². The van der Waals surface area contributed by atoms with Gasteiger partial charge in [0.1, 0.15) is 23.2 Å². The Morgan fingerprint density at radius 3 is 2.32 bits per heavy atom. The number of anilines is 2. The predicted octanol–water partition coefficient (Wildman–Crippen LogP) is 4.09. The third-order valence-electron chi connectivity index (χ3n) is 4.42. The highest BCUT2D eigenvalue weighted by Gasteiger charge is 2.11. The van der Waals surface area contributed by atoms with Crippen molar-refractivity contribution in [2.75, 3.05) is 17.2 Å². The molecule has 0 fully saturated rings.